The topological polar surface area (TPSA) is 28.2 Å². The average molecular weight is 281 g/mol. The van der Waals surface area contributed by atoms with E-state index in [1.807, 2.05) is 18.4 Å². The number of aromatic nitrogens is 1. The highest BCUT2D eigenvalue weighted by Gasteiger charge is 2.25. The maximum atomic E-state index is 4.92. The first kappa shape index (κ1) is 14.8. The van der Waals surface area contributed by atoms with Crippen LogP contribution in [0.15, 0.2) is 0 Å². The number of hydrogen-bond donors (Lipinski definition) is 1. The summed E-state index contributed by atoms with van der Waals surface area (Å²) >= 11 is 1.85. The van der Waals surface area contributed by atoms with Gasteiger partial charge in [-0.05, 0) is 25.8 Å². The summed E-state index contributed by atoms with van der Waals surface area (Å²) in [6, 6.07) is 0. The molecule has 1 aromatic heterocycles. The van der Waals surface area contributed by atoms with Gasteiger partial charge in [0.15, 0.2) is 5.13 Å². The van der Waals surface area contributed by atoms with Crippen molar-refractivity contribution in [2.75, 3.05) is 25.5 Å². The van der Waals surface area contributed by atoms with Crippen LogP contribution in [0.4, 0.5) is 5.13 Å². The molecule has 4 heteroatoms. The number of thiazole rings is 1. The highest BCUT2D eigenvalue weighted by molar-refractivity contribution is 7.15. The van der Waals surface area contributed by atoms with Gasteiger partial charge in [0.05, 0.1) is 5.69 Å². The lowest BCUT2D eigenvalue weighted by Gasteiger charge is -2.29. The zero-order chi connectivity index (χ0) is 14.0. The summed E-state index contributed by atoms with van der Waals surface area (Å²) in [4.78, 5) is 8.65. The Labute approximate surface area is 121 Å². The van der Waals surface area contributed by atoms with Crippen molar-refractivity contribution in [1.82, 2.24) is 10.3 Å². The molecule has 1 aromatic rings. The summed E-state index contributed by atoms with van der Waals surface area (Å²) in [6.45, 7) is 8.82. The summed E-state index contributed by atoms with van der Waals surface area (Å²) < 4.78 is 0. The molecule has 0 radical (unpaired) electrons. The predicted molar refractivity (Wildman–Crippen MR) is 84.2 cm³/mol. The standard InChI is InChI=1S/C15H27N3S/c1-15(2,3)13-12(9-16-4)19-14(17-13)18(5)10-11-7-6-8-11/h11,16H,6-10H2,1-5H3. The van der Waals surface area contributed by atoms with E-state index < -0.39 is 0 Å². The van der Waals surface area contributed by atoms with Crippen LogP contribution in [0.5, 0.6) is 0 Å². The minimum Gasteiger partial charge on any atom is -0.351 e. The van der Waals surface area contributed by atoms with Crippen LogP contribution < -0.4 is 10.2 Å². The van der Waals surface area contributed by atoms with Gasteiger partial charge in [-0.1, -0.05) is 27.2 Å². The molecule has 0 aliphatic heterocycles. The van der Waals surface area contributed by atoms with Crippen LogP contribution in [0.2, 0.25) is 0 Å². The molecule has 108 valence electrons. The smallest absolute Gasteiger partial charge is 0.185 e. The van der Waals surface area contributed by atoms with E-state index in [1.165, 1.54) is 35.0 Å². The van der Waals surface area contributed by atoms with Gasteiger partial charge in [-0.25, -0.2) is 4.98 Å². The second kappa shape index (κ2) is 5.80. The van der Waals surface area contributed by atoms with E-state index in [0.29, 0.717) is 0 Å². The lowest BCUT2D eigenvalue weighted by atomic mass is 9.85. The Morgan fingerprint density at radius 2 is 2.05 bits per heavy atom. The molecule has 0 amide bonds. The molecule has 1 aliphatic rings. The second-order valence-electron chi connectivity index (χ2n) is 6.73. The molecule has 1 aliphatic carbocycles. The first-order valence-corrected chi connectivity index (χ1v) is 8.09. The fourth-order valence-electron chi connectivity index (χ4n) is 2.51. The van der Waals surface area contributed by atoms with Crippen molar-refractivity contribution in [3.8, 4) is 0 Å². The molecule has 0 unspecified atom stereocenters. The number of hydrogen-bond acceptors (Lipinski definition) is 4. The van der Waals surface area contributed by atoms with Gasteiger partial charge in [0, 0.05) is 30.4 Å². The SMILES string of the molecule is CNCc1sc(N(C)CC2CCC2)nc1C(C)(C)C. The highest BCUT2D eigenvalue weighted by Crippen LogP contribution is 2.35. The zero-order valence-electron chi connectivity index (χ0n) is 12.9. The molecule has 3 nitrogen and oxygen atoms in total. The van der Waals surface area contributed by atoms with Crippen molar-refractivity contribution in [1.29, 1.82) is 0 Å². The Balaban J connectivity index is 2.16. The van der Waals surface area contributed by atoms with E-state index in [0.717, 1.165) is 19.0 Å². The number of rotatable bonds is 5. The number of anilines is 1. The first-order valence-electron chi connectivity index (χ1n) is 7.27. The van der Waals surface area contributed by atoms with Crippen LogP contribution in [-0.2, 0) is 12.0 Å². The van der Waals surface area contributed by atoms with Gasteiger partial charge in [0.25, 0.3) is 0 Å². The Hall–Kier alpha value is -0.610. The Bertz CT molecular complexity index is 416. The lowest BCUT2D eigenvalue weighted by Crippen LogP contribution is -2.29. The third-order valence-corrected chi connectivity index (χ3v) is 4.99. The summed E-state index contributed by atoms with van der Waals surface area (Å²) in [7, 11) is 4.19. The van der Waals surface area contributed by atoms with Gasteiger partial charge in [-0.3, -0.25) is 0 Å². The third kappa shape index (κ3) is 3.48. The molecule has 0 atom stereocenters. The molecule has 19 heavy (non-hydrogen) atoms. The van der Waals surface area contributed by atoms with Crippen molar-refractivity contribution in [3.63, 3.8) is 0 Å². The van der Waals surface area contributed by atoms with Crippen molar-refractivity contribution in [3.05, 3.63) is 10.6 Å². The van der Waals surface area contributed by atoms with E-state index in [9.17, 15) is 0 Å². The van der Waals surface area contributed by atoms with Gasteiger partial charge in [-0.15, -0.1) is 11.3 Å². The summed E-state index contributed by atoms with van der Waals surface area (Å²) in [6.07, 6.45) is 4.20. The van der Waals surface area contributed by atoms with Gasteiger partial charge in [0.2, 0.25) is 0 Å². The van der Waals surface area contributed by atoms with E-state index in [2.05, 4.69) is 38.0 Å². The van der Waals surface area contributed by atoms with Crippen molar-refractivity contribution in [2.45, 2.75) is 52.0 Å². The molecule has 1 N–H and O–H groups in total. The van der Waals surface area contributed by atoms with Gasteiger partial charge >= 0.3 is 0 Å². The van der Waals surface area contributed by atoms with E-state index >= 15 is 0 Å². The Morgan fingerprint density at radius 3 is 2.53 bits per heavy atom. The third-order valence-electron chi connectivity index (χ3n) is 3.82. The van der Waals surface area contributed by atoms with Crippen molar-refractivity contribution < 1.29 is 0 Å². The van der Waals surface area contributed by atoms with Crippen LogP contribution in [0.1, 0.15) is 50.6 Å². The quantitative estimate of drug-likeness (QED) is 0.896. The maximum Gasteiger partial charge on any atom is 0.185 e. The van der Waals surface area contributed by atoms with Crippen LogP contribution in [0.3, 0.4) is 0 Å². The Morgan fingerprint density at radius 1 is 1.37 bits per heavy atom. The first-order chi connectivity index (χ1) is 8.91. The molecule has 0 spiro atoms. The van der Waals surface area contributed by atoms with Gasteiger partial charge < -0.3 is 10.2 Å². The molecular formula is C15H27N3S. The minimum atomic E-state index is 0.123. The second-order valence-corrected chi connectivity index (χ2v) is 7.79. The number of nitrogens with zero attached hydrogens (tertiary/aromatic N) is 2. The van der Waals surface area contributed by atoms with E-state index in [4.69, 9.17) is 4.98 Å². The summed E-state index contributed by atoms with van der Waals surface area (Å²) in [5.41, 5.74) is 1.38. The number of nitrogens with one attached hydrogen (secondary N) is 1. The normalized spacial score (nSPS) is 16.5. The highest BCUT2D eigenvalue weighted by atomic mass is 32.1. The maximum absolute atomic E-state index is 4.92. The molecular weight excluding hydrogens is 254 g/mol. The lowest BCUT2D eigenvalue weighted by molar-refractivity contribution is 0.321. The van der Waals surface area contributed by atoms with Gasteiger partial charge in [-0.2, -0.15) is 0 Å². The fourth-order valence-corrected chi connectivity index (χ4v) is 3.76. The molecule has 1 saturated carbocycles. The molecule has 0 bridgehead atoms. The van der Waals surface area contributed by atoms with Gasteiger partial charge in [0.1, 0.15) is 0 Å². The predicted octanol–water partition coefficient (Wildman–Crippen LogP) is 3.40. The van der Waals surface area contributed by atoms with E-state index in [1.54, 1.807) is 0 Å². The Kier molecular flexibility index (Phi) is 4.51. The summed E-state index contributed by atoms with van der Waals surface area (Å²) in [5.74, 6) is 0.889. The zero-order valence-corrected chi connectivity index (χ0v) is 13.7. The monoisotopic (exact) mass is 281 g/mol. The van der Waals surface area contributed by atoms with E-state index in [-0.39, 0.29) is 5.41 Å². The average Bonchev–Trinajstić information content (AvgIpc) is 2.67. The van der Waals surface area contributed by atoms with Crippen molar-refractivity contribution >= 4 is 16.5 Å². The largest absolute Gasteiger partial charge is 0.351 e. The molecule has 1 fully saturated rings. The molecule has 0 saturated heterocycles. The van der Waals surface area contributed by atoms with Crippen LogP contribution in [0.25, 0.3) is 0 Å². The van der Waals surface area contributed by atoms with Crippen LogP contribution in [0, 0.1) is 5.92 Å². The minimum absolute atomic E-state index is 0.123. The summed E-state index contributed by atoms with van der Waals surface area (Å²) in [5, 5.41) is 4.45. The molecule has 2 rings (SSSR count). The fraction of sp³-hybridized carbons (Fsp3) is 0.800. The van der Waals surface area contributed by atoms with Crippen LogP contribution >= 0.6 is 11.3 Å². The van der Waals surface area contributed by atoms with Crippen molar-refractivity contribution in [2.24, 2.45) is 5.92 Å². The molecule has 0 aromatic carbocycles. The van der Waals surface area contributed by atoms with Crippen LogP contribution in [-0.4, -0.2) is 25.6 Å². The molecule has 1 heterocycles.